The fourth-order valence-corrected chi connectivity index (χ4v) is 1.31. The fraction of sp³-hybridized carbons (Fsp3) is 0.364. The third kappa shape index (κ3) is 1.77. The van der Waals surface area contributed by atoms with Gasteiger partial charge in [0.2, 0.25) is 0 Å². The summed E-state index contributed by atoms with van der Waals surface area (Å²) in [4.78, 5) is 10.9. The minimum atomic E-state index is -1.76. The average Bonchev–Trinajstić information content (AvgIpc) is 2.17. The first-order chi connectivity index (χ1) is 6.50. The Labute approximate surface area is 83.0 Å². The van der Waals surface area contributed by atoms with Gasteiger partial charge in [-0.15, -0.1) is 0 Å². The summed E-state index contributed by atoms with van der Waals surface area (Å²) in [5, 5.41) is 18.8. The number of carboxylic acid groups (broad SMARTS) is 1. The first-order valence-corrected chi connectivity index (χ1v) is 4.53. The molecule has 0 radical (unpaired) electrons. The third-order valence-corrected chi connectivity index (χ3v) is 2.39. The average molecular weight is 194 g/mol. The quantitative estimate of drug-likeness (QED) is 0.769. The summed E-state index contributed by atoms with van der Waals surface area (Å²) in [5.74, 6) is -1.20. The van der Waals surface area contributed by atoms with Gasteiger partial charge in [-0.25, -0.2) is 4.79 Å². The zero-order chi connectivity index (χ0) is 10.8. The number of aliphatic carboxylic acids is 1. The van der Waals surface area contributed by atoms with E-state index in [1.54, 1.807) is 31.2 Å². The van der Waals surface area contributed by atoms with Crippen LogP contribution in [0.1, 0.15) is 24.5 Å². The van der Waals surface area contributed by atoms with Crippen molar-refractivity contribution in [3.05, 3.63) is 35.4 Å². The molecule has 0 spiro atoms. The maximum atomic E-state index is 10.9. The van der Waals surface area contributed by atoms with Crippen LogP contribution in [0.2, 0.25) is 0 Å². The van der Waals surface area contributed by atoms with Gasteiger partial charge in [0.1, 0.15) is 0 Å². The smallest absolute Gasteiger partial charge is 0.340 e. The molecule has 0 heterocycles. The van der Waals surface area contributed by atoms with E-state index in [0.29, 0.717) is 5.56 Å². The van der Waals surface area contributed by atoms with Gasteiger partial charge in [0, 0.05) is 0 Å². The second kappa shape index (κ2) is 3.80. The molecule has 1 aromatic rings. The highest BCUT2D eigenvalue weighted by Crippen LogP contribution is 2.25. The molecule has 0 aliphatic rings. The first kappa shape index (κ1) is 10.7. The van der Waals surface area contributed by atoms with Crippen LogP contribution in [0, 0.1) is 6.92 Å². The van der Waals surface area contributed by atoms with Crippen LogP contribution in [0.5, 0.6) is 0 Å². The van der Waals surface area contributed by atoms with Gasteiger partial charge in [-0.2, -0.15) is 0 Å². The Morgan fingerprint density at radius 3 is 2.21 bits per heavy atom. The van der Waals surface area contributed by atoms with Crippen LogP contribution in [0.3, 0.4) is 0 Å². The molecule has 0 saturated heterocycles. The second-order valence-corrected chi connectivity index (χ2v) is 3.39. The molecule has 2 N–H and O–H groups in total. The molecule has 0 fully saturated rings. The predicted molar refractivity (Wildman–Crippen MR) is 53.0 cm³/mol. The number of carboxylic acids is 1. The number of hydrogen-bond donors (Lipinski definition) is 2. The Balaban J connectivity index is 3.13. The molecule has 0 aliphatic carbocycles. The lowest BCUT2D eigenvalue weighted by Crippen LogP contribution is -2.34. The van der Waals surface area contributed by atoms with E-state index in [4.69, 9.17) is 5.11 Å². The van der Waals surface area contributed by atoms with E-state index < -0.39 is 11.6 Å². The molecule has 1 aromatic carbocycles. The van der Waals surface area contributed by atoms with E-state index in [1.807, 2.05) is 6.92 Å². The summed E-state index contributed by atoms with van der Waals surface area (Å²) in [5.41, 5.74) is -0.288. The van der Waals surface area contributed by atoms with Gasteiger partial charge in [-0.1, -0.05) is 36.8 Å². The normalized spacial score (nSPS) is 14.8. The monoisotopic (exact) mass is 194 g/mol. The SMILES string of the molecule is CC[C@](O)(C(=O)O)c1ccc(C)cc1. The van der Waals surface area contributed by atoms with Gasteiger partial charge >= 0.3 is 5.97 Å². The highest BCUT2D eigenvalue weighted by atomic mass is 16.4. The number of aryl methyl sites for hydroxylation is 1. The van der Waals surface area contributed by atoms with Gasteiger partial charge in [0.05, 0.1) is 0 Å². The Morgan fingerprint density at radius 2 is 1.86 bits per heavy atom. The topological polar surface area (TPSA) is 57.5 Å². The van der Waals surface area contributed by atoms with Crippen molar-refractivity contribution in [2.75, 3.05) is 0 Å². The molecule has 0 aliphatic heterocycles. The van der Waals surface area contributed by atoms with Crippen molar-refractivity contribution in [2.45, 2.75) is 25.9 Å². The molecule has 1 rings (SSSR count). The Kier molecular flexibility index (Phi) is 2.91. The van der Waals surface area contributed by atoms with Crippen molar-refractivity contribution in [2.24, 2.45) is 0 Å². The lowest BCUT2D eigenvalue weighted by molar-refractivity contribution is -0.160. The summed E-state index contributed by atoms with van der Waals surface area (Å²) >= 11 is 0. The summed E-state index contributed by atoms with van der Waals surface area (Å²) < 4.78 is 0. The zero-order valence-corrected chi connectivity index (χ0v) is 8.32. The number of hydrogen-bond acceptors (Lipinski definition) is 2. The van der Waals surface area contributed by atoms with E-state index in [0.717, 1.165) is 5.56 Å². The number of carbonyl (C=O) groups is 1. The van der Waals surface area contributed by atoms with Crippen molar-refractivity contribution in [1.82, 2.24) is 0 Å². The van der Waals surface area contributed by atoms with Crippen LogP contribution >= 0.6 is 0 Å². The van der Waals surface area contributed by atoms with Crippen LogP contribution in [-0.2, 0) is 10.4 Å². The van der Waals surface area contributed by atoms with Gasteiger partial charge in [0.15, 0.2) is 5.60 Å². The largest absolute Gasteiger partial charge is 0.479 e. The minimum absolute atomic E-state index is 0.158. The van der Waals surface area contributed by atoms with Crippen LogP contribution in [0.15, 0.2) is 24.3 Å². The van der Waals surface area contributed by atoms with Crippen molar-refractivity contribution >= 4 is 5.97 Å². The molecule has 76 valence electrons. The Bertz CT molecular complexity index is 329. The minimum Gasteiger partial charge on any atom is -0.479 e. The molecule has 1 atom stereocenters. The zero-order valence-electron chi connectivity index (χ0n) is 8.32. The fourth-order valence-electron chi connectivity index (χ4n) is 1.31. The molecule has 14 heavy (non-hydrogen) atoms. The van der Waals surface area contributed by atoms with Crippen molar-refractivity contribution in [3.63, 3.8) is 0 Å². The number of benzene rings is 1. The number of rotatable bonds is 3. The molecule has 0 aromatic heterocycles. The summed E-state index contributed by atoms with van der Waals surface area (Å²) in [6.07, 6.45) is 0.158. The van der Waals surface area contributed by atoms with Crippen LogP contribution < -0.4 is 0 Å². The maximum Gasteiger partial charge on any atom is 0.340 e. The second-order valence-electron chi connectivity index (χ2n) is 3.39. The van der Waals surface area contributed by atoms with E-state index in [2.05, 4.69) is 0 Å². The first-order valence-electron chi connectivity index (χ1n) is 4.53. The lowest BCUT2D eigenvalue weighted by Gasteiger charge is -2.22. The van der Waals surface area contributed by atoms with Crippen molar-refractivity contribution < 1.29 is 15.0 Å². The highest BCUT2D eigenvalue weighted by Gasteiger charge is 2.35. The Morgan fingerprint density at radius 1 is 1.36 bits per heavy atom. The molecular weight excluding hydrogens is 180 g/mol. The Hall–Kier alpha value is -1.35. The highest BCUT2D eigenvalue weighted by molar-refractivity contribution is 5.79. The summed E-state index contributed by atoms with van der Waals surface area (Å²) in [6, 6.07) is 6.87. The number of aliphatic hydroxyl groups is 1. The molecule has 0 bridgehead atoms. The molecule has 3 nitrogen and oxygen atoms in total. The van der Waals surface area contributed by atoms with Gasteiger partial charge < -0.3 is 10.2 Å². The van der Waals surface area contributed by atoms with Crippen molar-refractivity contribution in [1.29, 1.82) is 0 Å². The lowest BCUT2D eigenvalue weighted by atomic mass is 9.91. The van der Waals surface area contributed by atoms with Crippen LogP contribution in [-0.4, -0.2) is 16.2 Å². The van der Waals surface area contributed by atoms with Gasteiger partial charge in [-0.05, 0) is 18.9 Å². The van der Waals surface area contributed by atoms with Crippen LogP contribution in [0.25, 0.3) is 0 Å². The molecular formula is C11H14O3. The standard InChI is InChI=1S/C11H14O3/c1-3-11(14,10(12)13)9-6-4-8(2)5-7-9/h4-7,14H,3H2,1-2H3,(H,12,13)/t11-/m1/s1. The third-order valence-electron chi connectivity index (χ3n) is 2.39. The van der Waals surface area contributed by atoms with E-state index in [-0.39, 0.29) is 6.42 Å². The van der Waals surface area contributed by atoms with E-state index >= 15 is 0 Å². The summed E-state index contributed by atoms with van der Waals surface area (Å²) in [7, 11) is 0. The van der Waals surface area contributed by atoms with Gasteiger partial charge in [-0.3, -0.25) is 0 Å². The van der Waals surface area contributed by atoms with Crippen LogP contribution in [0.4, 0.5) is 0 Å². The molecule has 0 unspecified atom stereocenters. The van der Waals surface area contributed by atoms with E-state index in [1.165, 1.54) is 0 Å². The van der Waals surface area contributed by atoms with Gasteiger partial charge in [0.25, 0.3) is 0 Å². The molecule has 3 heteroatoms. The van der Waals surface area contributed by atoms with E-state index in [9.17, 15) is 9.90 Å². The molecule has 0 amide bonds. The predicted octanol–water partition coefficient (Wildman–Crippen LogP) is 1.68. The maximum absolute atomic E-state index is 10.9. The summed E-state index contributed by atoms with van der Waals surface area (Å²) in [6.45, 7) is 3.56. The molecule has 0 saturated carbocycles. The van der Waals surface area contributed by atoms with Crippen molar-refractivity contribution in [3.8, 4) is 0 Å².